The van der Waals surface area contributed by atoms with Gasteiger partial charge >= 0.3 is 0 Å². The van der Waals surface area contributed by atoms with E-state index in [0.717, 1.165) is 30.7 Å². The molecule has 0 aromatic heterocycles. The third kappa shape index (κ3) is 1.65. The number of hydrogen-bond acceptors (Lipinski definition) is 7. The number of methoxy groups -OCH3 is 3. The van der Waals surface area contributed by atoms with Gasteiger partial charge in [-0.3, -0.25) is 0 Å². The van der Waals surface area contributed by atoms with E-state index in [1.807, 2.05) is 6.07 Å². The lowest BCUT2D eigenvalue weighted by Crippen LogP contribution is -2.83. The molecule has 0 radical (unpaired) electrons. The Balaban J connectivity index is 1.64. The molecule has 7 atom stereocenters. The zero-order chi connectivity index (χ0) is 22.3. The number of sulfone groups is 1. The Morgan fingerprint density at radius 1 is 1.16 bits per heavy atom. The van der Waals surface area contributed by atoms with E-state index in [2.05, 4.69) is 30.2 Å². The molecule has 4 bridgehead atoms. The molecule has 1 aromatic rings. The smallest absolute Gasteiger partial charge is 0.179 e. The van der Waals surface area contributed by atoms with Crippen LogP contribution in [0.25, 0.3) is 0 Å². The average Bonchev–Trinajstić information content (AvgIpc) is 3.30. The third-order valence-electron chi connectivity index (χ3n) is 9.50. The van der Waals surface area contributed by atoms with Crippen molar-refractivity contribution in [3.05, 3.63) is 46.6 Å². The molecule has 1 saturated heterocycles. The van der Waals surface area contributed by atoms with Crippen LogP contribution in [0, 0.1) is 11.3 Å². The zero-order valence-corrected chi connectivity index (χ0v) is 19.4. The van der Waals surface area contributed by atoms with Crippen molar-refractivity contribution in [1.29, 1.82) is 0 Å². The summed E-state index contributed by atoms with van der Waals surface area (Å²) in [5.74, 6) is 1.46. The second-order valence-corrected chi connectivity index (χ2v) is 12.0. The molecule has 3 aliphatic heterocycles. The van der Waals surface area contributed by atoms with Gasteiger partial charge in [0, 0.05) is 24.1 Å². The van der Waals surface area contributed by atoms with Crippen LogP contribution < -0.4 is 9.47 Å². The maximum Gasteiger partial charge on any atom is 0.179 e. The Morgan fingerprint density at radius 2 is 1.97 bits per heavy atom. The third-order valence-corrected chi connectivity index (χ3v) is 11.4. The SMILES string of the molecule is COC1=CS(=O)(=O)[C@H]2[C@@H]1[C@]1(OC)C=C[C@]23[C@H]2Cc4ccc(OC)c5c4[C@@]3(CCN2C)[C@H]1O5. The average molecular weight is 458 g/mol. The summed E-state index contributed by atoms with van der Waals surface area (Å²) in [6.45, 7) is 0.873. The minimum absolute atomic E-state index is 0.0347. The van der Waals surface area contributed by atoms with Gasteiger partial charge in [0.1, 0.15) is 17.5 Å². The molecule has 7 aliphatic rings. The van der Waals surface area contributed by atoms with Gasteiger partial charge in [-0.25, -0.2) is 8.42 Å². The summed E-state index contributed by atoms with van der Waals surface area (Å²) in [4.78, 5) is 2.35. The van der Waals surface area contributed by atoms with Gasteiger partial charge in [0.2, 0.25) is 0 Å². The van der Waals surface area contributed by atoms with E-state index < -0.39 is 37.4 Å². The first kappa shape index (κ1) is 19.4. The first-order valence-electron chi connectivity index (χ1n) is 11.1. The molecule has 0 amide bonds. The van der Waals surface area contributed by atoms with Gasteiger partial charge in [-0.15, -0.1) is 0 Å². The molecule has 1 saturated carbocycles. The molecule has 32 heavy (non-hydrogen) atoms. The Morgan fingerprint density at radius 3 is 2.69 bits per heavy atom. The van der Waals surface area contributed by atoms with Crippen LogP contribution in [0.1, 0.15) is 17.5 Å². The fraction of sp³-hybridized carbons (Fsp3) is 0.583. The van der Waals surface area contributed by atoms with Crippen molar-refractivity contribution in [3.63, 3.8) is 0 Å². The molecule has 1 aromatic carbocycles. The van der Waals surface area contributed by atoms with E-state index in [1.54, 1.807) is 21.3 Å². The Kier molecular flexibility index (Phi) is 3.36. The molecule has 0 unspecified atom stereocenters. The molecule has 3 heterocycles. The zero-order valence-electron chi connectivity index (χ0n) is 18.6. The van der Waals surface area contributed by atoms with E-state index in [4.69, 9.17) is 18.9 Å². The fourth-order valence-corrected chi connectivity index (χ4v) is 11.0. The van der Waals surface area contributed by atoms with Crippen molar-refractivity contribution >= 4 is 9.84 Å². The van der Waals surface area contributed by atoms with Crippen LogP contribution in [0.15, 0.2) is 35.5 Å². The van der Waals surface area contributed by atoms with Gasteiger partial charge < -0.3 is 23.8 Å². The minimum atomic E-state index is -3.59. The van der Waals surface area contributed by atoms with Crippen molar-refractivity contribution in [1.82, 2.24) is 4.90 Å². The highest BCUT2D eigenvalue weighted by Gasteiger charge is 2.85. The van der Waals surface area contributed by atoms with Gasteiger partial charge in [0.05, 0.1) is 36.2 Å². The van der Waals surface area contributed by atoms with Crippen LogP contribution >= 0.6 is 0 Å². The number of likely N-dealkylation sites (N-methyl/N-ethyl adjacent to an activating group) is 1. The Labute approximate surface area is 187 Å². The van der Waals surface area contributed by atoms with Crippen molar-refractivity contribution in [2.45, 2.75) is 41.3 Å². The fourth-order valence-electron chi connectivity index (χ4n) is 8.54. The second kappa shape index (κ2) is 5.54. The predicted molar refractivity (Wildman–Crippen MR) is 116 cm³/mol. The summed E-state index contributed by atoms with van der Waals surface area (Å²) in [6, 6.07) is 4.14. The van der Waals surface area contributed by atoms with Gasteiger partial charge in [0.15, 0.2) is 21.3 Å². The second-order valence-electron chi connectivity index (χ2n) is 10.1. The van der Waals surface area contributed by atoms with Gasteiger partial charge in [-0.05, 0) is 38.1 Å². The Hall–Kier alpha value is -2.03. The molecule has 7 nitrogen and oxygen atoms in total. The highest BCUT2D eigenvalue weighted by Crippen LogP contribution is 2.77. The van der Waals surface area contributed by atoms with Crippen LogP contribution in [0.3, 0.4) is 0 Å². The molecular weight excluding hydrogens is 430 g/mol. The van der Waals surface area contributed by atoms with E-state index in [1.165, 1.54) is 11.0 Å². The summed E-state index contributed by atoms with van der Waals surface area (Å²) in [7, 11) is 3.39. The number of hydrogen-bond donors (Lipinski definition) is 0. The van der Waals surface area contributed by atoms with Crippen LogP contribution in [-0.4, -0.2) is 71.2 Å². The minimum Gasteiger partial charge on any atom is -0.500 e. The number of benzene rings is 1. The monoisotopic (exact) mass is 457 g/mol. The first-order valence-corrected chi connectivity index (χ1v) is 12.8. The summed E-state index contributed by atoms with van der Waals surface area (Å²) < 4.78 is 52.2. The Bertz CT molecular complexity index is 1240. The van der Waals surface area contributed by atoms with Gasteiger partial charge in [0.25, 0.3) is 0 Å². The number of piperidine rings is 1. The number of ether oxygens (including phenoxy) is 4. The van der Waals surface area contributed by atoms with Gasteiger partial charge in [-0.1, -0.05) is 18.2 Å². The highest BCUT2D eigenvalue weighted by molar-refractivity contribution is 7.95. The largest absolute Gasteiger partial charge is 0.500 e. The summed E-state index contributed by atoms with van der Waals surface area (Å²) in [5, 5.41) is 0.688. The van der Waals surface area contributed by atoms with Crippen molar-refractivity contribution in [2.75, 3.05) is 34.9 Å². The van der Waals surface area contributed by atoms with Crippen molar-refractivity contribution < 1.29 is 27.4 Å². The normalized spacial score (nSPS) is 45.7. The summed E-state index contributed by atoms with van der Waals surface area (Å²) in [5.41, 5.74) is 0.269. The standard InChI is InChI=1S/C24H27NO6S/c1-25-10-9-23-17-13-5-6-14(28-2)19(17)31-21(23)24(30-4)8-7-22(23,16(25)11-13)20-18(24)15(29-3)12-32(20,26)27/h5-8,12,16,18,20-21H,9-11H2,1-4H3/t16-,18-,20+,21-,22+,23+,24-/m1/s1. The molecule has 2 fully saturated rings. The molecule has 4 aliphatic carbocycles. The maximum absolute atomic E-state index is 13.8. The summed E-state index contributed by atoms with van der Waals surface area (Å²) >= 11 is 0. The van der Waals surface area contributed by atoms with E-state index in [9.17, 15) is 8.42 Å². The molecular formula is C24H27NO6S. The van der Waals surface area contributed by atoms with Crippen LogP contribution in [0.4, 0.5) is 0 Å². The molecule has 0 N–H and O–H groups in total. The van der Waals surface area contributed by atoms with Crippen molar-refractivity contribution in [2.24, 2.45) is 11.3 Å². The molecule has 2 spiro atoms. The molecule has 8 rings (SSSR count). The van der Waals surface area contributed by atoms with E-state index in [-0.39, 0.29) is 12.1 Å². The number of nitrogens with zero attached hydrogens (tertiary/aromatic N) is 1. The van der Waals surface area contributed by atoms with Crippen LogP contribution in [-0.2, 0) is 31.1 Å². The lowest BCUT2D eigenvalue weighted by Gasteiger charge is -2.72. The number of likely N-dealkylation sites (tertiary alicyclic amines) is 1. The van der Waals surface area contributed by atoms with E-state index >= 15 is 0 Å². The van der Waals surface area contributed by atoms with Gasteiger partial charge in [-0.2, -0.15) is 0 Å². The highest BCUT2D eigenvalue weighted by atomic mass is 32.2. The lowest BCUT2D eigenvalue weighted by atomic mass is 9.37. The number of rotatable bonds is 3. The predicted octanol–water partition coefficient (Wildman–Crippen LogP) is 1.81. The van der Waals surface area contributed by atoms with E-state index in [0.29, 0.717) is 11.5 Å². The maximum atomic E-state index is 13.8. The lowest BCUT2D eigenvalue weighted by molar-refractivity contribution is -0.207. The molecule has 170 valence electrons. The van der Waals surface area contributed by atoms with Crippen LogP contribution in [0.2, 0.25) is 0 Å². The first-order chi connectivity index (χ1) is 15.3. The quantitative estimate of drug-likeness (QED) is 0.641. The topological polar surface area (TPSA) is 74.3 Å². The van der Waals surface area contributed by atoms with Crippen LogP contribution in [0.5, 0.6) is 11.5 Å². The summed E-state index contributed by atoms with van der Waals surface area (Å²) in [6.07, 6.45) is 5.47. The van der Waals surface area contributed by atoms with Crippen molar-refractivity contribution in [3.8, 4) is 11.5 Å². The molecule has 8 heteroatoms.